The maximum absolute atomic E-state index is 9.64. The molecule has 0 aromatic carbocycles. The van der Waals surface area contributed by atoms with Crippen LogP contribution < -0.4 is 0 Å². The third kappa shape index (κ3) is 9.99. The Morgan fingerprint density at radius 1 is 0.864 bits per heavy atom. The summed E-state index contributed by atoms with van der Waals surface area (Å²) in [7, 11) is 0. The topological polar surface area (TPSA) is 60.4 Å². The molecule has 0 aromatic heterocycles. The smallest absolute Gasteiger partial charge is 0.0701 e. The second-order valence-electron chi connectivity index (χ2n) is 5.10. The summed E-state index contributed by atoms with van der Waals surface area (Å²) in [6.45, 7) is 6.65. The molecule has 1 saturated heterocycles. The Hall–Kier alpha value is 0.110. The Bertz CT molecular complexity index is 232. The molecule has 0 unspecified atom stereocenters. The molecule has 7 heteroatoms. The number of ether oxygens (including phenoxy) is 4. The summed E-state index contributed by atoms with van der Waals surface area (Å²) in [5.41, 5.74) is 0. The standard InChI is InChI=1S/C15H31NO5S/c1-22-13-2-15(14-17)16-3-5-18-7-9-20-11-12-21-10-8-19-6-4-16/h15,17H,2-14H2,1H3/t15-/m0/s1. The Morgan fingerprint density at radius 2 is 1.32 bits per heavy atom. The zero-order chi connectivity index (χ0) is 15.9. The second-order valence-corrected chi connectivity index (χ2v) is 6.09. The second kappa shape index (κ2) is 14.7. The van der Waals surface area contributed by atoms with Crippen molar-refractivity contribution in [3.8, 4) is 0 Å². The summed E-state index contributed by atoms with van der Waals surface area (Å²) in [5.74, 6) is 1.05. The zero-order valence-electron chi connectivity index (χ0n) is 13.7. The molecule has 1 aliphatic rings. The van der Waals surface area contributed by atoms with Gasteiger partial charge in [0, 0.05) is 19.1 Å². The van der Waals surface area contributed by atoms with Crippen molar-refractivity contribution < 1.29 is 24.1 Å². The maximum atomic E-state index is 9.64. The van der Waals surface area contributed by atoms with Gasteiger partial charge in [-0.3, -0.25) is 4.90 Å². The summed E-state index contributed by atoms with van der Waals surface area (Å²) in [5, 5.41) is 9.64. The number of aliphatic hydroxyl groups is 1. The van der Waals surface area contributed by atoms with Crippen LogP contribution >= 0.6 is 11.8 Å². The van der Waals surface area contributed by atoms with Crippen molar-refractivity contribution in [3.63, 3.8) is 0 Å². The number of nitrogens with zero attached hydrogens (tertiary/aromatic N) is 1. The van der Waals surface area contributed by atoms with Gasteiger partial charge < -0.3 is 24.1 Å². The van der Waals surface area contributed by atoms with Gasteiger partial charge in [0.15, 0.2) is 0 Å². The highest BCUT2D eigenvalue weighted by atomic mass is 32.2. The monoisotopic (exact) mass is 337 g/mol. The molecule has 0 aliphatic carbocycles. The molecule has 1 aliphatic heterocycles. The van der Waals surface area contributed by atoms with E-state index in [9.17, 15) is 5.11 Å². The normalized spacial score (nSPS) is 22.6. The minimum Gasteiger partial charge on any atom is -0.395 e. The molecule has 1 rings (SSSR count). The van der Waals surface area contributed by atoms with Gasteiger partial charge in [-0.1, -0.05) is 0 Å². The van der Waals surface area contributed by atoms with E-state index in [0.29, 0.717) is 52.9 Å². The van der Waals surface area contributed by atoms with Crippen LogP contribution in [0.5, 0.6) is 0 Å². The fourth-order valence-corrected chi connectivity index (χ4v) is 2.75. The van der Waals surface area contributed by atoms with Crippen molar-refractivity contribution >= 4 is 11.8 Å². The van der Waals surface area contributed by atoms with Crippen LogP contribution in [0.4, 0.5) is 0 Å². The molecule has 0 bridgehead atoms. The van der Waals surface area contributed by atoms with E-state index in [2.05, 4.69) is 11.2 Å². The molecule has 1 fully saturated rings. The maximum Gasteiger partial charge on any atom is 0.0701 e. The number of rotatable bonds is 5. The first-order chi connectivity index (χ1) is 10.9. The van der Waals surface area contributed by atoms with Crippen molar-refractivity contribution in [2.75, 3.05) is 84.6 Å². The Morgan fingerprint density at radius 3 is 1.73 bits per heavy atom. The van der Waals surface area contributed by atoms with Gasteiger partial charge in [0.2, 0.25) is 0 Å². The van der Waals surface area contributed by atoms with E-state index in [1.165, 1.54) is 0 Å². The van der Waals surface area contributed by atoms with Gasteiger partial charge in [-0.25, -0.2) is 0 Å². The fourth-order valence-electron chi connectivity index (χ4n) is 2.25. The summed E-state index contributed by atoms with van der Waals surface area (Å²) < 4.78 is 22.0. The molecule has 1 N–H and O–H groups in total. The number of hydrogen-bond donors (Lipinski definition) is 1. The fraction of sp³-hybridized carbons (Fsp3) is 1.00. The predicted molar refractivity (Wildman–Crippen MR) is 88.7 cm³/mol. The lowest BCUT2D eigenvalue weighted by Crippen LogP contribution is -2.42. The van der Waals surface area contributed by atoms with Crippen LogP contribution in [0.3, 0.4) is 0 Å². The van der Waals surface area contributed by atoms with Crippen LogP contribution in [-0.2, 0) is 18.9 Å². The van der Waals surface area contributed by atoms with Gasteiger partial charge in [0.05, 0.1) is 59.5 Å². The van der Waals surface area contributed by atoms with Crippen molar-refractivity contribution in [3.05, 3.63) is 0 Å². The molecule has 0 spiro atoms. The minimum atomic E-state index is 0.169. The molecule has 22 heavy (non-hydrogen) atoms. The third-order valence-corrected chi connectivity index (χ3v) is 4.19. The molecule has 1 heterocycles. The summed E-state index contributed by atoms with van der Waals surface area (Å²) >= 11 is 1.81. The molecule has 132 valence electrons. The first-order valence-electron chi connectivity index (χ1n) is 8.03. The quantitative estimate of drug-likeness (QED) is 0.783. The van der Waals surface area contributed by atoms with E-state index in [-0.39, 0.29) is 12.6 Å². The summed E-state index contributed by atoms with van der Waals surface area (Å²) in [4.78, 5) is 2.26. The zero-order valence-corrected chi connectivity index (χ0v) is 14.5. The Labute approximate surface area is 138 Å². The molecule has 1 atom stereocenters. The van der Waals surface area contributed by atoms with E-state index in [0.717, 1.165) is 25.3 Å². The van der Waals surface area contributed by atoms with Gasteiger partial charge in [-0.2, -0.15) is 11.8 Å². The molecule has 0 aromatic rings. The van der Waals surface area contributed by atoms with Crippen LogP contribution in [0, 0.1) is 0 Å². The van der Waals surface area contributed by atoms with Crippen molar-refractivity contribution in [1.29, 1.82) is 0 Å². The third-order valence-electron chi connectivity index (χ3n) is 3.54. The van der Waals surface area contributed by atoms with Gasteiger partial charge in [0.25, 0.3) is 0 Å². The largest absolute Gasteiger partial charge is 0.395 e. The van der Waals surface area contributed by atoms with Gasteiger partial charge >= 0.3 is 0 Å². The first kappa shape index (κ1) is 20.2. The van der Waals surface area contributed by atoms with E-state index >= 15 is 0 Å². The predicted octanol–water partition coefficient (Wildman–Crippen LogP) is 0.482. The molecular formula is C15H31NO5S. The lowest BCUT2D eigenvalue weighted by Gasteiger charge is -2.30. The highest BCUT2D eigenvalue weighted by molar-refractivity contribution is 7.98. The lowest BCUT2D eigenvalue weighted by atomic mass is 10.2. The van der Waals surface area contributed by atoms with Crippen molar-refractivity contribution in [2.45, 2.75) is 12.5 Å². The first-order valence-corrected chi connectivity index (χ1v) is 9.42. The van der Waals surface area contributed by atoms with E-state index < -0.39 is 0 Å². The van der Waals surface area contributed by atoms with Gasteiger partial charge in [-0.15, -0.1) is 0 Å². The highest BCUT2D eigenvalue weighted by Gasteiger charge is 2.17. The van der Waals surface area contributed by atoms with Crippen molar-refractivity contribution in [2.24, 2.45) is 0 Å². The number of aliphatic hydroxyl groups excluding tert-OH is 1. The average molecular weight is 337 g/mol. The van der Waals surface area contributed by atoms with E-state index in [1.807, 2.05) is 0 Å². The van der Waals surface area contributed by atoms with E-state index in [1.54, 1.807) is 11.8 Å². The highest BCUT2D eigenvalue weighted by Crippen LogP contribution is 2.08. The molecule has 6 nitrogen and oxygen atoms in total. The van der Waals surface area contributed by atoms with Crippen LogP contribution in [0.1, 0.15) is 6.42 Å². The number of hydrogen-bond acceptors (Lipinski definition) is 7. The molecule has 0 radical (unpaired) electrons. The SMILES string of the molecule is CSCC[C@@H](CO)N1CCOCCOCCOCCOCC1. The van der Waals surface area contributed by atoms with Gasteiger partial charge in [-0.05, 0) is 18.4 Å². The molecule has 0 amide bonds. The average Bonchev–Trinajstić information content (AvgIpc) is 2.55. The molecular weight excluding hydrogens is 306 g/mol. The minimum absolute atomic E-state index is 0.169. The summed E-state index contributed by atoms with van der Waals surface area (Å²) in [6, 6.07) is 0.169. The van der Waals surface area contributed by atoms with Crippen LogP contribution in [0.2, 0.25) is 0 Å². The van der Waals surface area contributed by atoms with Crippen LogP contribution in [-0.4, -0.2) is 101 Å². The Kier molecular flexibility index (Phi) is 13.5. The lowest BCUT2D eigenvalue weighted by molar-refractivity contribution is 0.00206. The van der Waals surface area contributed by atoms with Gasteiger partial charge in [0.1, 0.15) is 0 Å². The molecule has 0 saturated carbocycles. The number of thioether (sulfide) groups is 1. The Balaban J connectivity index is 2.40. The van der Waals surface area contributed by atoms with Crippen LogP contribution in [0.25, 0.3) is 0 Å². The van der Waals surface area contributed by atoms with E-state index in [4.69, 9.17) is 18.9 Å². The summed E-state index contributed by atoms with van der Waals surface area (Å²) in [6.07, 6.45) is 3.07. The van der Waals surface area contributed by atoms with Crippen molar-refractivity contribution in [1.82, 2.24) is 4.90 Å². The van der Waals surface area contributed by atoms with Crippen LogP contribution in [0.15, 0.2) is 0 Å².